The number of aliphatic carboxylic acids is 1. The molecule has 4 nitrogen and oxygen atoms in total. The lowest BCUT2D eigenvalue weighted by atomic mass is 9.96. The fraction of sp³-hybridized carbons (Fsp3) is 0.385. The van der Waals surface area contributed by atoms with Gasteiger partial charge in [-0.2, -0.15) is 0 Å². The highest BCUT2D eigenvalue weighted by Gasteiger charge is 2.29. The summed E-state index contributed by atoms with van der Waals surface area (Å²) in [5.74, 6) is -1.41. The number of carboxylic acid groups (broad SMARTS) is 1. The van der Waals surface area contributed by atoms with Gasteiger partial charge in [-0.15, -0.1) is 0 Å². The second kappa shape index (κ2) is 5.80. The molecule has 0 bridgehead atoms. The van der Waals surface area contributed by atoms with E-state index in [1.54, 1.807) is 23.1 Å². The standard InChI is InChI=1S/C13H13Cl2NO3/c14-9-2-1-3-10(15)11(9)12(17)16-6-4-8(5-7-16)13(18)19/h1-3,8H,4-7H2,(H,18,19). The average Bonchev–Trinajstić information content (AvgIpc) is 2.38. The van der Waals surface area contributed by atoms with Crippen LogP contribution in [0.4, 0.5) is 0 Å². The van der Waals surface area contributed by atoms with Crippen molar-refractivity contribution < 1.29 is 14.7 Å². The van der Waals surface area contributed by atoms with E-state index in [1.165, 1.54) is 0 Å². The molecule has 1 heterocycles. The lowest BCUT2D eigenvalue weighted by molar-refractivity contribution is -0.143. The van der Waals surface area contributed by atoms with E-state index >= 15 is 0 Å². The topological polar surface area (TPSA) is 57.6 Å². The number of carbonyl (C=O) groups excluding carboxylic acids is 1. The van der Waals surface area contributed by atoms with Crippen molar-refractivity contribution in [1.29, 1.82) is 0 Å². The van der Waals surface area contributed by atoms with E-state index in [4.69, 9.17) is 28.3 Å². The van der Waals surface area contributed by atoms with Crippen LogP contribution in [0, 0.1) is 5.92 Å². The Bertz CT molecular complexity index is 490. The Morgan fingerprint density at radius 2 is 1.68 bits per heavy atom. The number of hydrogen-bond donors (Lipinski definition) is 1. The van der Waals surface area contributed by atoms with E-state index in [0.717, 1.165) is 0 Å². The Hall–Kier alpha value is -1.26. The number of amides is 1. The zero-order valence-electron chi connectivity index (χ0n) is 10.1. The SMILES string of the molecule is O=C(O)C1CCN(C(=O)c2c(Cl)cccc2Cl)CC1. The van der Waals surface area contributed by atoms with Crippen molar-refractivity contribution in [3.05, 3.63) is 33.8 Å². The summed E-state index contributed by atoms with van der Waals surface area (Å²) in [6.45, 7) is 0.828. The molecule has 102 valence electrons. The summed E-state index contributed by atoms with van der Waals surface area (Å²) in [6, 6.07) is 4.91. The van der Waals surface area contributed by atoms with Crippen LogP contribution in [0.25, 0.3) is 0 Å². The van der Waals surface area contributed by atoms with E-state index < -0.39 is 5.97 Å². The molecule has 1 saturated heterocycles. The van der Waals surface area contributed by atoms with Gasteiger partial charge in [0.1, 0.15) is 0 Å². The number of carboxylic acids is 1. The minimum Gasteiger partial charge on any atom is -0.481 e. The molecule has 6 heteroatoms. The van der Waals surface area contributed by atoms with Gasteiger partial charge in [-0.1, -0.05) is 29.3 Å². The summed E-state index contributed by atoms with van der Waals surface area (Å²) in [7, 11) is 0. The molecule has 0 saturated carbocycles. The molecule has 19 heavy (non-hydrogen) atoms. The van der Waals surface area contributed by atoms with Crippen LogP contribution in [0.15, 0.2) is 18.2 Å². The highest BCUT2D eigenvalue weighted by molar-refractivity contribution is 6.39. The summed E-state index contributed by atoms with van der Waals surface area (Å²) < 4.78 is 0. The first kappa shape index (κ1) is 14.2. The number of halogens is 2. The predicted octanol–water partition coefficient (Wildman–Crippen LogP) is 2.93. The van der Waals surface area contributed by atoms with Crippen LogP contribution < -0.4 is 0 Å². The molecule has 1 aromatic rings. The molecule has 1 aromatic carbocycles. The van der Waals surface area contributed by atoms with Crippen LogP contribution in [0.2, 0.25) is 10.0 Å². The number of nitrogens with zero attached hydrogens (tertiary/aromatic N) is 1. The van der Waals surface area contributed by atoms with Crippen molar-refractivity contribution in [2.75, 3.05) is 13.1 Å². The maximum absolute atomic E-state index is 12.3. The highest BCUT2D eigenvalue weighted by Crippen LogP contribution is 2.27. The molecule has 0 aliphatic carbocycles. The molecular weight excluding hydrogens is 289 g/mol. The van der Waals surface area contributed by atoms with Crippen molar-refractivity contribution in [2.45, 2.75) is 12.8 Å². The Balaban J connectivity index is 2.12. The first-order valence-electron chi connectivity index (χ1n) is 5.97. The summed E-state index contributed by atoms with van der Waals surface area (Å²) >= 11 is 12.0. The fourth-order valence-electron chi connectivity index (χ4n) is 2.19. The van der Waals surface area contributed by atoms with Crippen LogP contribution in [-0.2, 0) is 4.79 Å². The van der Waals surface area contributed by atoms with Gasteiger partial charge in [-0.3, -0.25) is 9.59 Å². The summed E-state index contributed by atoms with van der Waals surface area (Å²) in [6.07, 6.45) is 0.923. The molecule has 1 fully saturated rings. The van der Waals surface area contributed by atoms with Gasteiger partial charge in [0.2, 0.25) is 0 Å². The lowest BCUT2D eigenvalue weighted by Gasteiger charge is -2.30. The minimum absolute atomic E-state index is 0.237. The molecule has 0 atom stereocenters. The normalized spacial score (nSPS) is 16.4. The molecule has 0 spiro atoms. The molecule has 1 aliphatic rings. The zero-order chi connectivity index (χ0) is 14.0. The average molecular weight is 302 g/mol. The third-order valence-corrected chi connectivity index (χ3v) is 3.94. The van der Waals surface area contributed by atoms with Gasteiger partial charge < -0.3 is 10.0 Å². The van der Waals surface area contributed by atoms with Gasteiger partial charge in [0, 0.05) is 13.1 Å². The third-order valence-electron chi connectivity index (χ3n) is 3.31. The summed E-state index contributed by atoms with van der Waals surface area (Å²) in [5.41, 5.74) is 0.291. The third kappa shape index (κ3) is 3.01. The Morgan fingerprint density at radius 1 is 1.16 bits per heavy atom. The lowest BCUT2D eigenvalue weighted by Crippen LogP contribution is -2.40. The van der Waals surface area contributed by atoms with Gasteiger partial charge >= 0.3 is 5.97 Å². The fourth-order valence-corrected chi connectivity index (χ4v) is 2.75. The number of benzene rings is 1. The first-order chi connectivity index (χ1) is 9.00. The molecule has 1 N–H and O–H groups in total. The Morgan fingerprint density at radius 3 is 2.16 bits per heavy atom. The van der Waals surface area contributed by atoms with Crippen molar-refractivity contribution in [3.63, 3.8) is 0 Å². The van der Waals surface area contributed by atoms with Gasteiger partial charge in [0.05, 0.1) is 21.5 Å². The molecule has 0 aromatic heterocycles. The van der Waals surface area contributed by atoms with Crippen LogP contribution in [0.1, 0.15) is 23.2 Å². The number of rotatable bonds is 2. The molecular formula is C13H13Cl2NO3. The van der Waals surface area contributed by atoms with Crippen LogP contribution in [-0.4, -0.2) is 35.0 Å². The van der Waals surface area contributed by atoms with Crippen molar-refractivity contribution >= 4 is 35.1 Å². The van der Waals surface area contributed by atoms with Gasteiger partial charge in [0.15, 0.2) is 0 Å². The molecule has 0 unspecified atom stereocenters. The van der Waals surface area contributed by atoms with Gasteiger partial charge in [-0.05, 0) is 25.0 Å². The van der Waals surface area contributed by atoms with E-state index in [1.807, 2.05) is 0 Å². The van der Waals surface area contributed by atoms with E-state index in [2.05, 4.69) is 0 Å². The monoisotopic (exact) mass is 301 g/mol. The van der Waals surface area contributed by atoms with Crippen molar-refractivity contribution in [2.24, 2.45) is 5.92 Å². The molecule has 0 radical (unpaired) electrons. The number of carbonyl (C=O) groups is 2. The smallest absolute Gasteiger partial charge is 0.306 e. The molecule has 1 amide bonds. The van der Waals surface area contributed by atoms with E-state index in [0.29, 0.717) is 41.5 Å². The molecule has 2 rings (SSSR count). The summed E-state index contributed by atoms with van der Waals surface area (Å²) in [4.78, 5) is 24.8. The second-order valence-corrected chi connectivity index (χ2v) is 5.32. The van der Waals surface area contributed by atoms with Crippen LogP contribution in [0.3, 0.4) is 0 Å². The zero-order valence-corrected chi connectivity index (χ0v) is 11.6. The molecule has 1 aliphatic heterocycles. The maximum atomic E-state index is 12.3. The van der Waals surface area contributed by atoms with E-state index in [-0.39, 0.29) is 11.8 Å². The predicted molar refractivity (Wildman–Crippen MR) is 72.7 cm³/mol. The highest BCUT2D eigenvalue weighted by atomic mass is 35.5. The second-order valence-electron chi connectivity index (χ2n) is 4.50. The van der Waals surface area contributed by atoms with Crippen LogP contribution in [0.5, 0.6) is 0 Å². The first-order valence-corrected chi connectivity index (χ1v) is 6.72. The Kier molecular flexibility index (Phi) is 4.32. The largest absolute Gasteiger partial charge is 0.481 e. The number of likely N-dealkylation sites (tertiary alicyclic amines) is 1. The van der Waals surface area contributed by atoms with Gasteiger partial charge in [0.25, 0.3) is 5.91 Å². The van der Waals surface area contributed by atoms with Crippen LogP contribution >= 0.6 is 23.2 Å². The Labute approximate surface area is 120 Å². The number of piperidine rings is 1. The van der Waals surface area contributed by atoms with E-state index in [9.17, 15) is 9.59 Å². The van der Waals surface area contributed by atoms with Crippen molar-refractivity contribution in [3.8, 4) is 0 Å². The van der Waals surface area contributed by atoms with Crippen molar-refractivity contribution in [1.82, 2.24) is 4.90 Å². The van der Waals surface area contributed by atoms with Gasteiger partial charge in [-0.25, -0.2) is 0 Å². The minimum atomic E-state index is -0.803. The quantitative estimate of drug-likeness (QED) is 0.914. The maximum Gasteiger partial charge on any atom is 0.306 e. The number of hydrogen-bond acceptors (Lipinski definition) is 2. The summed E-state index contributed by atoms with van der Waals surface area (Å²) in [5, 5.41) is 9.56.